The van der Waals surface area contributed by atoms with Crippen LogP contribution in [0.3, 0.4) is 0 Å². The highest BCUT2D eigenvalue weighted by Crippen LogP contribution is 2.28. The number of aliphatic carboxylic acids is 1. The molecule has 1 aromatic rings. The minimum Gasteiger partial charge on any atom is -0.491 e. The second-order valence-electron chi connectivity index (χ2n) is 5.25. The quantitative estimate of drug-likeness (QED) is 0.865. The molecule has 1 aromatic carbocycles. The van der Waals surface area contributed by atoms with Crippen molar-refractivity contribution in [2.24, 2.45) is 0 Å². The summed E-state index contributed by atoms with van der Waals surface area (Å²) in [4.78, 5) is 24.6. The van der Waals surface area contributed by atoms with E-state index in [4.69, 9.17) is 9.84 Å². The van der Waals surface area contributed by atoms with E-state index in [0.717, 1.165) is 12.8 Å². The van der Waals surface area contributed by atoms with Gasteiger partial charge >= 0.3 is 5.97 Å². The second kappa shape index (κ2) is 5.94. The lowest BCUT2D eigenvalue weighted by Crippen LogP contribution is -2.37. The zero-order chi connectivity index (χ0) is 14.7. The lowest BCUT2D eigenvalue weighted by molar-refractivity contribution is -0.137. The van der Waals surface area contributed by atoms with Crippen LogP contribution in [-0.4, -0.2) is 40.6 Å². The summed E-state index contributed by atoms with van der Waals surface area (Å²) < 4.78 is 5.51. The standard InChI is InChI=1S/C15H19NO4/c1-10(2)20-13-7-3-11(4-8-13)15(19)16(9-14(17)18)12-5-6-12/h3-4,7-8,10,12H,5-6,9H2,1-2H3,(H,17,18). The summed E-state index contributed by atoms with van der Waals surface area (Å²) in [6.45, 7) is 3.62. The van der Waals surface area contributed by atoms with Gasteiger partial charge in [0.05, 0.1) is 6.10 Å². The van der Waals surface area contributed by atoms with Crippen LogP contribution in [0.5, 0.6) is 5.75 Å². The molecule has 1 saturated carbocycles. The van der Waals surface area contributed by atoms with Gasteiger partial charge in [0.25, 0.3) is 5.91 Å². The number of benzene rings is 1. The van der Waals surface area contributed by atoms with Crippen molar-refractivity contribution in [1.82, 2.24) is 4.90 Å². The average Bonchev–Trinajstić information content (AvgIpc) is 3.19. The van der Waals surface area contributed by atoms with Gasteiger partial charge in [-0.3, -0.25) is 9.59 Å². The third kappa shape index (κ3) is 3.73. The fourth-order valence-corrected chi connectivity index (χ4v) is 2.01. The zero-order valence-electron chi connectivity index (χ0n) is 11.7. The molecule has 0 radical (unpaired) electrons. The first-order valence-electron chi connectivity index (χ1n) is 6.77. The number of carbonyl (C=O) groups excluding carboxylic acids is 1. The summed E-state index contributed by atoms with van der Waals surface area (Å²) in [5, 5.41) is 8.89. The molecule has 20 heavy (non-hydrogen) atoms. The molecule has 1 fully saturated rings. The number of carbonyl (C=O) groups is 2. The molecule has 0 spiro atoms. The first-order valence-corrected chi connectivity index (χ1v) is 6.77. The van der Waals surface area contributed by atoms with Crippen LogP contribution < -0.4 is 4.74 Å². The predicted molar refractivity (Wildman–Crippen MR) is 73.9 cm³/mol. The predicted octanol–water partition coefficient (Wildman–Crippen LogP) is 2.16. The Morgan fingerprint density at radius 2 is 1.90 bits per heavy atom. The van der Waals surface area contributed by atoms with Gasteiger partial charge in [0.15, 0.2) is 0 Å². The van der Waals surface area contributed by atoms with Crippen LogP contribution in [0.25, 0.3) is 0 Å². The van der Waals surface area contributed by atoms with E-state index >= 15 is 0 Å². The van der Waals surface area contributed by atoms with Gasteiger partial charge in [-0.1, -0.05) is 0 Å². The normalized spacial score (nSPS) is 14.2. The molecule has 108 valence electrons. The van der Waals surface area contributed by atoms with Gasteiger partial charge < -0.3 is 14.7 Å². The molecular formula is C15H19NO4. The molecule has 0 aliphatic heterocycles. The van der Waals surface area contributed by atoms with Crippen LogP contribution in [0.4, 0.5) is 0 Å². The van der Waals surface area contributed by atoms with Gasteiger partial charge in [-0.2, -0.15) is 0 Å². The minimum absolute atomic E-state index is 0.0743. The summed E-state index contributed by atoms with van der Waals surface area (Å²) >= 11 is 0. The number of carboxylic acids is 1. The Kier molecular flexibility index (Phi) is 4.27. The van der Waals surface area contributed by atoms with Crippen LogP contribution in [0.2, 0.25) is 0 Å². The summed E-state index contributed by atoms with van der Waals surface area (Å²) in [7, 11) is 0. The second-order valence-corrected chi connectivity index (χ2v) is 5.25. The van der Waals surface area contributed by atoms with E-state index < -0.39 is 5.97 Å². The molecule has 0 saturated heterocycles. The van der Waals surface area contributed by atoms with Gasteiger partial charge in [0.2, 0.25) is 0 Å². The number of nitrogens with zero attached hydrogens (tertiary/aromatic N) is 1. The Balaban J connectivity index is 2.08. The maximum Gasteiger partial charge on any atom is 0.323 e. The number of hydrogen-bond donors (Lipinski definition) is 1. The maximum atomic E-state index is 12.3. The van der Waals surface area contributed by atoms with Crippen molar-refractivity contribution in [3.63, 3.8) is 0 Å². The number of carboxylic acid groups (broad SMARTS) is 1. The Hall–Kier alpha value is -2.04. The monoisotopic (exact) mass is 277 g/mol. The molecule has 0 unspecified atom stereocenters. The lowest BCUT2D eigenvalue weighted by atomic mass is 10.2. The van der Waals surface area contributed by atoms with Crippen molar-refractivity contribution in [2.45, 2.75) is 38.8 Å². The topological polar surface area (TPSA) is 66.8 Å². The highest BCUT2D eigenvalue weighted by Gasteiger charge is 2.34. The summed E-state index contributed by atoms with van der Waals surface area (Å²) in [5.74, 6) is -0.510. The number of amides is 1. The first-order chi connectivity index (χ1) is 9.47. The van der Waals surface area contributed by atoms with Crippen molar-refractivity contribution in [3.05, 3.63) is 29.8 Å². The van der Waals surface area contributed by atoms with E-state index in [1.165, 1.54) is 4.90 Å². The van der Waals surface area contributed by atoms with Gasteiger partial charge in [0, 0.05) is 11.6 Å². The van der Waals surface area contributed by atoms with Gasteiger partial charge in [0.1, 0.15) is 12.3 Å². The molecule has 2 rings (SSSR count). The average molecular weight is 277 g/mol. The third-order valence-electron chi connectivity index (χ3n) is 3.03. The molecule has 0 bridgehead atoms. The number of hydrogen-bond acceptors (Lipinski definition) is 3. The fraction of sp³-hybridized carbons (Fsp3) is 0.467. The van der Waals surface area contributed by atoms with Crippen LogP contribution >= 0.6 is 0 Å². The fourth-order valence-electron chi connectivity index (χ4n) is 2.01. The van der Waals surface area contributed by atoms with Crippen molar-refractivity contribution in [3.8, 4) is 5.75 Å². The zero-order valence-corrected chi connectivity index (χ0v) is 11.7. The minimum atomic E-state index is -0.981. The highest BCUT2D eigenvalue weighted by molar-refractivity contribution is 5.96. The molecule has 0 heterocycles. The van der Waals surface area contributed by atoms with E-state index in [9.17, 15) is 9.59 Å². The molecule has 1 aliphatic rings. The maximum absolute atomic E-state index is 12.3. The van der Waals surface area contributed by atoms with Crippen molar-refractivity contribution < 1.29 is 19.4 Å². The highest BCUT2D eigenvalue weighted by atomic mass is 16.5. The van der Waals surface area contributed by atoms with E-state index in [1.54, 1.807) is 24.3 Å². The van der Waals surface area contributed by atoms with E-state index in [0.29, 0.717) is 11.3 Å². The SMILES string of the molecule is CC(C)Oc1ccc(C(=O)N(CC(=O)O)C2CC2)cc1. The smallest absolute Gasteiger partial charge is 0.323 e. The van der Waals surface area contributed by atoms with Crippen LogP contribution in [-0.2, 0) is 4.79 Å². The molecular weight excluding hydrogens is 258 g/mol. The molecule has 5 heteroatoms. The van der Waals surface area contributed by atoms with E-state index in [2.05, 4.69) is 0 Å². The van der Waals surface area contributed by atoms with Gasteiger partial charge in [-0.25, -0.2) is 0 Å². The van der Waals surface area contributed by atoms with Crippen LogP contribution in [0, 0.1) is 0 Å². The van der Waals surface area contributed by atoms with Crippen LogP contribution in [0.15, 0.2) is 24.3 Å². The van der Waals surface area contributed by atoms with Crippen LogP contribution in [0.1, 0.15) is 37.0 Å². The largest absolute Gasteiger partial charge is 0.491 e. The molecule has 0 atom stereocenters. The number of rotatable bonds is 6. The lowest BCUT2D eigenvalue weighted by Gasteiger charge is -2.20. The Morgan fingerprint density at radius 3 is 2.35 bits per heavy atom. The molecule has 5 nitrogen and oxygen atoms in total. The Labute approximate surface area is 118 Å². The summed E-state index contributed by atoms with van der Waals surface area (Å²) in [6.07, 6.45) is 1.84. The Morgan fingerprint density at radius 1 is 1.30 bits per heavy atom. The molecule has 1 N–H and O–H groups in total. The van der Waals surface area contributed by atoms with E-state index in [-0.39, 0.29) is 24.6 Å². The third-order valence-corrected chi connectivity index (χ3v) is 3.03. The summed E-state index contributed by atoms with van der Waals surface area (Å²) in [6, 6.07) is 6.90. The number of ether oxygens (including phenoxy) is 1. The van der Waals surface area contributed by atoms with Crippen molar-refractivity contribution in [2.75, 3.05) is 6.54 Å². The van der Waals surface area contributed by atoms with Crippen molar-refractivity contribution >= 4 is 11.9 Å². The van der Waals surface area contributed by atoms with Gasteiger partial charge in [-0.15, -0.1) is 0 Å². The Bertz CT molecular complexity index is 491. The first kappa shape index (κ1) is 14.4. The molecule has 1 aliphatic carbocycles. The molecule has 1 amide bonds. The molecule has 0 aromatic heterocycles. The summed E-state index contributed by atoms with van der Waals surface area (Å²) in [5.41, 5.74) is 0.495. The van der Waals surface area contributed by atoms with Crippen molar-refractivity contribution in [1.29, 1.82) is 0 Å². The van der Waals surface area contributed by atoms with E-state index in [1.807, 2.05) is 13.8 Å². The van der Waals surface area contributed by atoms with Gasteiger partial charge in [-0.05, 0) is 51.0 Å².